The van der Waals surface area contributed by atoms with E-state index in [0.29, 0.717) is 12.8 Å². The molecule has 0 heterocycles. The van der Waals surface area contributed by atoms with Crippen LogP contribution in [0, 0.1) is 5.82 Å². The summed E-state index contributed by atoms with van der Waals surface area (Å²) in [7, 11) is 0. The van der Waals surface area contributed by atoms with E-state index in [1.165, 1.54) is 6.07 Å². The molecule has 2 N–H and O–H groups in total. The van der Waals surface area contributed by atoms with Gasteiger partial charge in [-0.3, -0.25) is 4.79 Å². The van der Waals surface area contributed by atoms with E-state index in [4.69, 9.17) is 16.7 Å². The standard InChI is InChI=1S/C12H13ClFNO3/c1-2-3-10(12(17)18)15-11(16)7-4-5-9(14)8(13)6-7/h4-6,10H,2-3H2,1H3,(H,15,16)(H,17,18). The summed E-state index contributed by atoms with van der Waals surface area (Å²) in [5.41, 5.74) is 0.128. The molecule has 0 bridgehead atoms. The number of carbonyl (C=O) groups is 2. The fourth-order valence-corrected chi connectivity index (χ4v) is 1.61. The van der Waals surface area contributed by atoms with Gasteiger partial charge in [-0.2, -0.15) is 0 Å². The predicted octanol–water partition coefficient (Wildman–Crippen LogP) is 2.46. The van der Waals surface area contributed by atoms with E-state index in [1.807, 2.05) is 6.92 Å². The smallest absolute Gasteiger partial charge is 0.326 e. The third-order valence-electron chi connectivity index (χ3n) is 2.36. The van der Waals surface area contributed by atoms with Crippen molar-refractivity contribution in [2.45, 2.75) is 25.8 Å². The summed E-state index contributed by atoms with van der Waals surface area (Å²) >= 11 is 5.55. The van der Waals surface area contributed by atoms with E-state index in [1.54, 1.807) is 0 Å². The van der Waals surface area contributed by atoms with Crippen LogP contribution in [0.3, 0.4) is 0 Å². The number of carbonyl (C=O) groups excluding carboxylic acids is 1. The van der Waals surface area contributed by atoms with Crippen LogP contribution in [-0.2, 0) is 4.79 Å². The largest absolute Gasteiger partial charge is 0.480 e. The van der Waals surface area contributed by atoms with Crippen LogP contribution in [-0.4, -0.2) is 23.0 Å². The van der Waals surface area contributed by atoms with E-state index in [0.717, 1.165) is 12.1 Å². The first-order valence-corrected chi connectivity index (χ1v) is 5.82. The van der Waals surface area contributed by atoms with Crippen LogP contribution in [0.15, 0.2) is 18.2 Å². The summed E-state index contributed by atoms with van der Waals surface area (Å²) in [6.07, 6.45) is 0.956. The molecule has 0 saturated heterocycles. The molecule has 0 aliphatic rings. The number of carboxylic acid groups (broad SMARTS) is 1. The average Bonchev–Trinajstić information content (AvgIpc) is 2.31. The van der Waals surface area contributed by atoms with Gasteiger partial charge in [-0.05, 0) is 24.6 Å². The molecule has 1 atom stereocenters. The maximum atomic E-state index is 12.9. The molecule has 0 fully saturated rings. The van der Waals surface area contributed by atoms with Crippen LogP contribution < -0.4 is 5.32 Å². The van der Waals surface area contributed by atoms with Crippen molar-refractivity contribution in [3.8, 4) is 0 Å². The lowest BCUT2D eigenvalue weighted by atomic mass is 10.1. The van der Waals surface area contributed by atoms with Gasteiger partial charge < -0.3 is 10.4 Å². The van der Waals surface area contributed by atoms with Gasteiger partial charge in [0.05, 0.1) is 5.02 Å². The molecule has 0 aliphatic heterocycles. The first kappa shape index (κ1) is 14.4. The second-order valence-electron chi connectivity index (χ2n) is 3.78. The minimum atomic E-state index is -1.10. The minimum Gasteiger partial charge on any atom is -0.480 e. The summed E-state index contributed by atoms with van der Waals surface area (Å²) in [6.45, 7) is 1.82. The highest BCUT2D eigenvalue weighted by Gasteiger charge is 2.19. The molecule has 4 nitrogen and oxygen atoms in total. The van der Waals surface area contributed by atoms with Crippen molar-refractivity contribution >= 4 is 23.5 Å². The number of aliphatic carboxylic acids is 1. The van der Waals surface area contributed by atoms with Gasteiger partial charge in [0.2, 0.25) is 0 Å². The molecular formula is C12H13ClFNO3. The molecule has 1 unspecified atom stereocenters. The van der Waals surface area contributed by atoms with E-state index in [2.05, 4.69) is 5.32 Å². The first-order valence-electron chi connectivity index (χ1n) is 5.44. The van der Waals surface area contributed by atoms with Crippen molar-refractivity contribution in [2.24, 2.45) is 0 Å². The third-order valence-corrected chi connectivity index (χ3v) is 2.65. The SMILES string of the molecule is CCCC(NC(=O)c1ccc(F)c(Cl)c1)C(=O)O. The summed E-state index contributed by atoms with van der Waals surface area (Å²) in [4.78, 5) is 22.6. The number of carboxylic acids is 1. The Labute approximate surface area is 109 Å². The lowest BCUT2D eigenvalue weighted by molar-refractivity contribution is -0.139. The average molecular weight is 274 g/mol. The number of nitrogens with one attached hydrogen (secondary N) is 1. The molecule has 0 aliphatic carbocycles. The molecule has 0 saturated carbocycles. The number of benzene rings is 1. The normalized spacial score (nSPS) is 11.9. The van der Waals surface area contributed by atoms with Gasteiger partial charge in [0.1, 0.15) is 11.9 Å². The Kier molecular flexibility index (Phi) is 5.09. The van der Waals surface area contributed by atoms with Crippen molar-refractivity contribution in [3.05, 3.63) is 34.6 Å². The number of halogens is 2. The Morgan fingerprint density at radius 2 is 2.17 bits per heavy atom. The summed E-state index contributed by atoms with van der Waals surface area (Å²) < 4.78 is 12.9. The summed E-state index contributed by atoms with van der Waals surface area (Å²) in [6, 6.07) is 2.53. The Bertz CT molecular complexity index is 465. The fourth-order valence-electron chi connectivity index (χ4n) is 1.43. The Morgan fingerprint density at radius 3 is 2.67 bits per heavy atom. The van der Waals surface area contributed by atoms with Gasteiger partial charge in [0.25, 0.3) is 5.91 Å². The molecule has 6 heteroatoms. The van der Waals surface area contributed by atoms with Crippen molar-refractivity contribution in [1.82, 2.24) is 5.32 Å². The van der Waals surface area contributed by atoms with Crippen LogP contribution in [0.1, 0.15) is 30.1 Å². The van der Waals surface area contributed by atoms with Gasteiger partial charge in [-0.15, -0.1) is 0 Å². The minimum absolute atomic E-state index is 0.128. The molecule has 0 radical (unpaired) electrons. The molecule has 98 valence electrons. The molecule has 1 amide bonds. The van der Waals surface area contributed by atoms with Crippen molar-refractivity contribution in [2.75, 3.05) is 0 Å². The van der Waals surface area contributed by atoms with E-state index in [9.17, 15) is 14.0 Å². The Morgan fingerprint density at radius 1 is 1.50 bits per heavy atom. The first-order chi connectivity index (χ1) is 8.45. The van der Waals surface area contributed by atoms with Gasteiger partial charge in [-0.25, -0.2) is 9.18 Å². The zero-order chi connectivity index (χ0) is 13.7. The highest BCUT2D eigenvalue weighted by molar-refractivity contribution is 6.31. The van der Waals surface area contributed by atoms with Crippen molar-refractivity contribution in [3.63, 3.8) is 0 Å². The second kappa shape index (κ2) is 6.35. The maximum Gasteiger partial charge on any atom is 0.326 e. The summed E-state index contributed by atoms with van der Waals surface area (Å²) in [5.74, 6) is -2.31. The third kappa shape index (κ3) is 3.70. The lowest BCUT2D eigenvalue weighted by Crippen LogP contribution is -2.40. The van der Waals surface area contributed by atoms with Gasteiger partial charge in [-0.1, -0.05) is 24.9 Å². The van der Waals surface area contributed by atoms with Crippen LogP contribution in [0.2, 0.25) is 5.02 Å². The van der Waals surface area contributed by atoms with Gasteiger partial charge >= 0.3 is 5.97 Å². The number of rotatable bonds is 5. The predicted molar refractivity (Wildman–Crippen MR) is 65.2 cm³/mol. The number of hydrogen-bond donors (Lipinski definition) is 2. The number of amides is 1. The maximum absolute atomic E-state index is 12.9. The van der Waals surface area contributed by atoms with Crippen LogP contribution in [0.4, 0.5) is 4.39 Å². The molecule has 0 aromatic heterocycles. The second-order valence-corrected chi connectivity index (χ2v) is 4.19. The lowest BCUT2D eigenvalue weighted by Gasteiger charge is -2.13. The van der Waals surface area contributed by atoms with Crippen molar-refractivity contribution in [1.29, 1.82) is 0 Å². The highest BCUT2D eigenvalue weighted by Crippen LogP contribution is 2.16. The zero-order valence-corrected chi connectivity index (χ0v) is 10.5. The monoisotopic (exact) mass is 273 g/mol. The quantitative estimate of drug-likeness (QED) is 0.866. The zero-order valence-electron chi connectivity index (χ0n) is 9.74. The number of hydrogen-bond acceptors (Lipinski definition) is 2. The van der Waals surface area contributed by atoms with Crippen LogP contribution in [0.5, 0.6) is 0 Å². The Balaban J connectivity index is 2.80. The van der Waals surface area contributed by atoms with Crippen LogP contribution in [0.25, 0.3) is 0 Å². The molecule has 1 aromatic carbocycles. The molecule has 1 aromatic rings. The topological polar surface area (TPSA) is 66.4 Å². The highest BCUT2D eigenvalue weighted by atomic mass is 35.5. The summed E-state index contributed by atoms with van der Waals surface area (Å²) in [5, 5.41) is 11.1. The van der Waals surface area contributed by atoms with Crippen LogP contribution >= 0.6 is 11.6 Å². The van der Waals surface area contributed by atoms with Gasteiger partial charge in [0.15, 0.2) is 0 Å². The van der Waals surface area contributed by atoms with E-state index >= 15 is 0 Å². The van der Waals surface area contributed by atoms with Gasteiger partial charge in [0, 0.05) is 5.56 Å². The Hall–Kier alpha value is -1.62. The van der Waals surface area contributed by atoms with Crippen molar-refractivity contribution < 1.29 is 19.1 Å². The van der Waals surface area contributed by atoms with E-state index < -0.39 is 23.7 Å². The molecule has 1 rings (SSSR count). The molecular weight excluding hydrogens is 261 g/mol. The van der Waals surface area contributed by atoms with E-state index in [-0.39, 0.29) is 10.6 Å². The molecule has 18 heavy (non-hydrogen) atoms. The fraction of sp³-hybridized carbons (Fsp3) is 0.333. The molecule has 0 spiro atoms.